The number of anilines is 1. The molecule has 0 bridgehead atoms. The minimum atomic E-state index is -0.0578. The molecule has 2 amide bonds. The van der Waals surface area contributed by atoms with Crippen molar-refractivity contribution >= 4 is 40.2 Å². The number of aromatic nitrogens is 4. The highest BCUT2D eigenvalue weighted by Gasteiger charge is 2.44. The lowest BCUT2D eigenvalue weighted by Crippen LogP contribution is -2.50. The smallest absolute Gasteiger partial charge is 0.331 e. The van der Waals surface area contributed by atoms with Crippen LogP contribution in [-0.2, 0) is 13.6 Å². The highest BCUT2D eigenvalue weighted by molar-refractivity contribution is 6.31. The second kappa shape index (κ2) is 8.18. The Bertz CT molecular complexity index is 1670. The van der Waals surface area contributed by atoms with Crippen LogP contribution in [0.3, 0.4) is 0 Å². The normalized spacial score (nSPS) is 16.7. The fourth-order valence-corrected chi connectivity index (χ4v) is 5.53. The first kappa shape index (κ1) is 22.1. The van der Waals surface area contributed by atoms with E-state index < -0.39 is 0 Å². The van der Waals surface area contributed by atoms with Crippen LogP contribution in [0.5, 0.6) is 0 Å². The molecular formula is C27H23ClN8O. The minimum absolute atomic E-state index is 0.0578. The average molecular weight is 511 g/mol. The standard InChI is InChI=1S/C27H23ClN8O/c1-33-13-17(12-29)10-22(33)24-23-25-31-8-9-34(25)27(37)35(14-16-2-3-16)26(23)32-36(24)15-18-6-7-30-21-5-4-19(28)11-20(18)21/h4-7,10-11,13,16H,2-3,8-9,14-15H2,1H3. The van der Waals surface area contributed by atoms with Gasteiger partial charge in [0.25, 0.3) is 0 Å². The third-order valence-corrected chi connectivity index (χ3v) is 7.58. The number of aliphatic imine (C=N–C) groups is 1. The van der Waals surface area contributed by atoms with Gasteiger partial charge in [0.2, 0.25) is 0 Å². The van der Waals surface area contributed by atoms with Crippen LogP contribution in [0.2, 0.25) is 5.02 Å². The van der Waals surface area contributed by atoms with E-state index in [0.29, 0.717) is 54.3 Å². The Hall–Kier alpha value is -4.16. The molecule has 2 aliphatic heterocycles. The van der Waals surface area contributed by atoms with Crippen molar-refractivity contribution in [1.29, 1.82) is 5.26 Å². The van der Waals surface area contributed by atoms with E-state index in [1.165, 1.54) is 0 Å². The third kappa shape index (κ3) is 3.51. The molecule has 9 nitrogen and oxygen atoms in total. The number of rotatable bonds is 5. The fraction of sp³-hybridized carbons (Fsp3) is 0.296. The van der Waals surface area contributed by atoms with Gasteiger partial charge in [-0.1, -0.05) is 11.6 Å². The first-order valence-electron chi connectivity index (χ1n) is 12.4. The second-order valence-electron chi connectivity index (χ2n) is 9.87. The van der Waals surface area contributed by atoms with Crippen molar-refractivity contribution in [3.8, 4) is 17.5 Å². The van der Waals surface area contributed by atoms with E-state index in [1.807, 2.05) is 57.7 Å². The van der Waals surface area contributed by atoms with Gasteiger partial charge in [-0.3, -0.25) is 24.5 Å². The molecule has 184 valence electrons. The number of nitriles is 1. The molecule has 5 heterocycles. The molecule has 1 aliphatic carbocycles. The fourth-order valence-electron chi connectivity index (χ4n) is 5.36. The zero-order valence-corrected chi connectivity index (χ0v) is 21.0. The van der Waals surface area contributed by atoms with Gasteiger partial charge in [0, 0.05) is 42.9 Å². The summed E-state index contributed by atoms with van der Waals surface area (Å²) in [6.45, 7) is 2.21. The maximum absolute atomic E-state index is 13.5. The number of amidine groups is 1. The van der Waals surface area contributed by atoms with Gasteiger partial charge in [0.1, 0.15) is 11.9 Å². The summed E-state index contributed by atoms with van der Waals surface area (Å²) in [6, 6.07) is 11.7. The van der Waals surface area contributed by atoms with Gasteiger partial charge in [-0.15, -0.1) is 0 Å². The summed E-state index contributed by atoms with van der Waals surface area (Å²) in [6.07, 6.45) is 5.85. The Kier molecular flexibility index (Phi) is 4.88. The van der Waals surface area contributed by atoms with Crippen molar-refractivity contribution in [2.45, 2.75) is 19.4 Å². The van der Waals surface area contributed by atoms with Crippen LogP contribution in [0.1, 0.15) is 29.5 Å². The third-order valence-electron chi connectivity index (χ3n) is 7.34. The Morgan fingerprint density at radius 2 is 2.08 bits per heavy atom. The number of nitrogens with zero attached hydrogens (tertiary/aromatic N) is 8. The number of benzene rings is 1. The van der Waals surface area contributed by atoms with Gasteiger partial charge in [-0.25, -0.2) is 4.79 Å². The maximum Gasteiger partial charge on any atom is 0.331 e. The summed E-state index contributed by atoms with van der Waals surface area (Å²) in [5.41, 5.74) is 4.95. The predicted molar refractivity (Wildman–Crippen MR) is 141 cm³/mol. The van der Waals surface area contributed by atoms with Crippen LogP contribution < -0.4 is 4.90 Å². The number of fused-ring (bicyclic) bond motifs is 4. The van der Waals surface area contributed by atoms with Gasteiger partial charge in [-0.2, -0.15) is 10.4 Å². The molecule has 3 aromatic heterocycles. The molecule has 0 saturated heterocycles. The Labute approximate surface area is 218 Å². The molecule has 7 rings (SSSR count). The molecule has 3 aliphatic rings. The predicted octanol–water partition coefficient (Wildman–Crippen LogP) is 4.42. The number of pyridine rings is 1. The number of urea groups is 1. The molecule has 1 saturated carbocycles. The summed E-state index contributed by atoms with van der Waals surface area (Å²) in [4.78, 5) is 26.4. The second-order valence-corrected chi connectivity index (χ2v) is 10.3. The van der Waals surface area contributed by atoms with E-state index in [2.05, 4.69) is 11.1 Å². The summed E-state index contributed by atoms with van der Waals surface area (Å²) in [5.74, 6) is 1.80. The number of carbonyl (C=O) groups is 1. The molecule has 0 N–H and O–H groups in total. The largest absolute Gasteiger partial charge is 0.348 e. The van der Waals surface area contributed by atoms with Gasteiger partial charge >= 0.3 is 6.03 Å². The molecule has 1 aromatic carbocycles. The van der Waals surface area contributed by atoms with E-state index in [0.717, 1.165) is 46.3 Å². The molecule has 0 radical (unpaired) electrons. The topological polar surface area (TPSA) is 95.3 Å². The lowest BCUT2D eigenvalue weighted by molar-refractivity contribution is 0.228. The summed E-state index contributed by atoms with van der Waals surface area (Å²) < 4.78 is 3.88. The van der Waals surface area contributed by atoms with Crippen molar-refractivity contribution in [3.63, 3.8) is 0 Å². The van der Waals surface area contributed by atoms with E-state index in [4.69, 9.17) is 21.7 Å². The van der Waals surface area contributed by atoms with Gasteiger partial charge < -0.3 is 4.57 Å². The summed E-state index contributed by atoms with van der Waals surface area (Å²) in [7, 11) is 1.92. The lowest BCUT2D eigenvalue weighted by Gasteiger charge is -2.32. The van der Waals surface area contributed by atoms with Crippen LogP contribution in [-0.4, -0.2) is 55.7 Å². The Balaban J connectivity index is 1.47. The number of halogens is 1. The Morgan fingerprint density at radius 1 is 1.22 bits per heavy atom. The zero-order chi connectivity index (χ0) is 25.3. The average Bonchev–Trinajstić information content (AvgIpc) is 3.27. The monoisotopic (exact) mass is 510 g/mol. The highest BCUT2D eigenvalue weighted by atomic mass is 35.5. The van der Waals surface area contributed by atoms with Gasteiger partial charge in [0.05, 0.1) is 41.1 Å². The van der Waals surface area contributed by atoms with Crippen LogP contribution in [0.25, 0.3) is 22.3 Å². The number of hydrogen-bond acceptors (Lipinski definition) is 5. The number of amides is 2. The van der Waals surface area contributed by atoms with E-state index in [-0.39, 0.29) is 6.03 Å². The zero-order valence-electron chi connectivity index (χ0n) is 20.2. The molecule has 37 heavy (non-hydrogen) atoms. The molecule has 0 unspecified atom stereocenters. The van der Waals surface area contributed by atoms with Crippen LogP contribution in [0, 0.1) is 17.2 Å². The van der Waals surface area contributed by atoms with Crippen LogP contribution >= 0.6 is 11.6 Å². The first-order valence-corrected chi connectivity index (χ1v) is 12.7. The molecule has 10 heteroatoms. The van der Waals surface area contributed by atoms with E-state index >= 15 is 0 Å². The Morgan fingerprint density at radius 3 is 2.86 bits per heavy atom. The molecule has 1 fully saturated rings. The van der Waals surface area contributed by atoms with Crippen molar-refractivity contribution in [3.05, 3.63) is 64.4 Å². The van der Waals surface area contributed by atoms with Crippen molar-refractivity contribution < 1.29 is 4.79 Å². The first-order chi connectivity index (χ1) is 18.0. The summed E-state index contributed by atoms with van der Waals surface area (Å²) >= 11 is 6.34. The number of aryl methyl sites for hydroxylation is 1. The number of carbonyl (C=O) groups excluding carboxylic acids is 1. The minimum Gasteiger partial charge on any atom is -0.348 e. The summed E-state index contributed by atoms with van der Waals surface area (Å²) in [5, 5.41) is 16.3. The van der Waals surface area contributed by atoms with Crippen LogP contribution in [0.4, 0.5) is 10.6 Å². The molecular weight excluding hydrogens is 488 g/mol. The van der Waals surface area contributed by atoms with E-state index in [1.54, 1.807) is 11.1 Å². The quantitative estimate of drug-likeness (QED) is 0.397. The SMILES string of the molecule is Cn1cc(C#N)cc1-c1c2c(nn1Cc1ccnc3ccc(Cl)cc13)N(CC1CC1)C(=O)N1CCN=C21. The molecule has 0 atom stereocenters. The van der Waals surface area contributed by atoms with Gasteiger partial charge in [0.15, 0.2) is 5.82 Å². The van der Waals surface area contributed by atoms with Crippen molar-refractivity contribution in [1.82, 2.24) is 24.2 Å². The number of hydrogen-bond donors (Lipinski definition) is 0. The molecule has 4 aromatic rings. The highest BCUT2D eigenvalue weighted by Crippen LogP contribution is 2.41. The van der Waals surface area contributed by atoms with Crippen molar-refractivity contribution in [2.24, 2.45) is 18.0 Å². The lowest BCUT2D eigenvalue weighted by atomic mass is 10.1. The molecule has 0 spiro atoms. The van der Waals surface area contributed by atoms with Crippen molar-refractivity contribution in [2.75, 3.05) is 24.5 Å². The van der Waals surface area contributed by atoms with Gasteiger partial charge in [-0.05, 0) is 54.7 Å². The van der Waals surface area contributed by atoms with Crippen LogP contribution in [0.15, 0.2) is 47.7 Å². The maximum atomic E-state index is 13.5. The van der Waals surface area contributed by atoms with E-state index in [9.17, 15) is 10.1 Å².